The van der Waals surface area contributed by atoms with Gasteiger partial charge in [-0.3, -0.25) is 0 Å². The summed E-state index contributed by atoms with van der Waals surface area (Å²) >= 11 is 0. The van der Waals surface area contributed by atoms with Crippen molar-refractivity contribution in [1.82, 2.24) is 0 Å². The lowest BCUT2D eigenvalue weighted by Gasteiger charge is -2.61. The Bertz CT molecular complexity index is 391. The molecule has 1 unspecified atom stereocenters. The highest BCUT2D eigenvalue weighted by Crippen LogP contribution is 2.65. The van der Waals surface area contributed by atoms with Crippen LogP contribution < -0.4 is 5.73 Å². The summed E-state index contributed by atoms with van der Waals surface area (Å²) in [6.07, 6.45) is 14.7. The average Bonchev–Trinajstić information content (AvgIpc) is 2.80. The van der Waals surface area contributed by atoms with Gasteiger partial charge in [-0.25, -0.2) is 0 Å². The summed E-state index contributed by atoms with van der Waals surface area (Å²) in [7, 11) is 0. The van der Waals surface area contributed by atoms with E-state index in [1.54, 1.807) is 0 Å². The molecule has 1 nitrogen and oxygen atoms in total. The first kappa shape index (κ1) is 13.6. The van der Waals surface area contributed by atoms with Crippen LogP contribution in [-0.4, -0.2) is 6.04 Å². The van der Waals surface area contributed by atoms with E-state index in [2.05, 4.69) is 13.8 Å². The van der Waals surface area contributed by atoms with E-state index in [1.165, 1.54) is 64.2 Å². The molecule has 0 aliphatic heterocycles. The zero-order valence-electron chi connectivity index (χ0n) is 13.5. The first-order valence-corrected chi connectivity index (χ1v) is 9.30. The van der Waals surface area contributed by atoms with Gasteiger partial charge < -0.3 is 5.73 Å². The first-order valence-electron chi connectivity index (χ1n) is 9.30. The van der Waals surface area contributed by atoms with Gasteiger partial charge in [-0.05, 0) is 85.9 Å². The summed E-state index contributed by atoms with van der Waals surface area (Å²) < 4.78 is 0. The van der Waals surface area contributed by atoms with Crippen LogP contribution in [0.3, 0.4) is 0 Å². The number of nitrogens with two attached hydrogens (primary N) is 1. The Balaban J connectivity index is 1.65. The molecule has 0 aromatic heterocycles. The van der Waals surface area contributed by atoms with Crippen molar-refractivity contribution >= 4 is 0 Å². The third-order valence-electron chi connectivity index (χ3n) is 8.49. The normalized spacial score (nSPS) is 58.6. The highest BCUT2D eigenvalue weighted by atomic mass is 14.7. The van der Waals surface area contributed by atoms with Crippen LogP contribution in [0.4, 0.5) is 0 Å². The van der Waals surface area contributed by atoms with Crippen LogP contribution in [0.15, 0.2) is 0 Å². The molecular formula is C19H33N. The maximum absolute atomic E-state index is 6.53. The number of fused-ring (bicyclic) bond motifs is 5. The van der Waals surface area contributed by atoms with Gasteiger partial charge in [0.1, 0.15) is 0 Å². The number of hydrogen-bond acceptors (Lipinski definition) is 1. The largest absolute Gasteiger partial charge is 0.327 e. The van der Waals surface area contributed by atoms with E-state index < -0.39 is 0 Å². The Morgan fingerprint density at radius 3 is 2.40 bits per heavy atom. The van der Waals surface area contributed by atoms with Crippen molar-refractivity contribution in [3.05, 3.63) is 0 Å². The van der Waals surface area contributed by atoms with Gasteiger partial charge in [-0.2, -0.15) is 0 Å². The molecule has 4 aliphatic carbocycles. The second-order valence-electron chi connectivity index (χ2n) is 9.21. The van der Waals surface area contributed by atoms with Crippen molar-refractivity contribution in [1.29, 1.82) is 0 Å². The van der Waals surface area contributed by atoms with Crippen molar-refractivity contribution in [3.63, 3.8) is 0 Å². The zero-order chi connectivity index (χ0) is 14.0. The second kappa shape index (κ2) is 4.48. The summed E-state index contributed by atoms with van der Waals surface area (Å²) in [6.45, 7) is 5.24. The predicted molar refractivity (Wildman–Crippen MR) is 84.3 cm³/mol. The topological polar surface area (TPSA) is 26.0 Å². The molecule has 7 atom stereocenters. The maximum atomic E-state index is 6.53. The minimum atomic E-state index is 0.506. The van der Waals surface area contributed by atoms with E-state index in [1.807, 2.05) is 0 Å². The van der Waals surface area contributed by atoms with Gasteiger partial charge in [-0.1, -0.05) is 26.7 Å². The Kier molecular flexibility index (Phi) is 3.05. The molecule has 0 radical (unpaired) electrons. The first-order chi connectivity index (χ1) is 9.55. The van der Waals surface area contributed by atoms with Gasteiger partial charge >= 0.3 is 0 Å². The lowest BCUT2D eigenvalue weighted by molar-refractivity contribution is -0.108. The van der Waals surface area contributed by atoms with Crippen LogP contribution in [0.5, 0.6) is 0 Å². The molecule has 4 saturated carbocycles. The lowest BCUT2D eigenvalue weighted by atomic mass is 9.45. The summed E-state index contributed by atoms with van der Waals surface area (Å²) in [5, 5.41) is 0. The molecule has 4 fully saturated rings. The van der Waals surface area contributed by atoms with Gasteiger partial charge in [-0.15, -0.1) is 0 Å². The van der Waals surface area contributed by atoms with Gasteiger partial charge in [0.25, 0.3) is 0 Å². The van der Waals surface area contributed by atoms with Crippen LogP contribution in [0, 0.1) is 34.5 Å². The van der Waals surface area contributed by atoms with Crippen LogP contribution >= 0.6 is 0 Å². The Morgan fingerprint density at radius 2 is 1.55 bits per heavy atom. The molecule has 114 valence electrons. The van der Waals surface area contributed by atoms with E-state index in [4.69, 9.17) is 5.73 Å². The highest BCUT2D eigenvalue weighted by molar-refractivity contribution is 5.08. The van der Waals surface area contributed by atoms with E-state index in [0.29, 0.717) is 16.9 Å². The van der Waals surface area contributed by atoms with E-state index in [0.717, 1.165) is 23.7 Å². The molecule has 0 amide bonds. The van der Waals surface area contributed by atoms with Crippen LogP contribution in [0.2, 0.25) is 0 Å². The molecule has 20 heavy (non-hydrogen) atoms. The van der Waals surface area contributed by atoms with Crippen LogP contribution in [0.1, 0.15) is 78.1 Å². The Labute approximate surface area is 125 Å². The Hall–Kier alpha value is -0.0400. The van der Waals surface area contributed by atoms with Gasteiger partial charge in [0, 0.05) is 6.04 Å². The fraction of sp³-hybridized carbons (Fsp3) is 1.00. The molecule has 0 heterocycles. The maximum Gasteiger partial charge on any atom is 0.00724 e. The quantitative estimate of drug-likeness (QED) is 0.678. The highest BCUT2D eigenvalue weighted by Gasteiger charge is 2.58. The zero-order valence-corrected chi connectivity index (χ0v) is 13.5. The van der Waals surface area contributed by atoms with Crippen molar-refractivity contribution in [2.24, 2.45) is 40.2 Å². The minimum absolute atomic E-state index is 0.506. The molecular weight excluding hydrogens is 242 g/mol. The van der Waals surface area contributed by atoms with Gasteiger partial charge in [0.2, 0.25) is 0 Å². The SMILES string of the molecule is C[C@@]12CCC[C@H]1[C@@H]1CC[C@H]3C(N)CCC[C@]3(C)[C@H]1CC2. The van der Waals surface area contributed by atoms with Crippen LogP contribution in [0.25, 0.3) is 0 Å². The second-order valence-corrected chi connectivity index (χ2v) is 9.21. The fourth-order valence-electron chi connectivity index (χ4n) is 7.47. The lowest BCUT2D eigenvalue weighted by Crippen LogP contribution is -2.56. The van der Waals surface area contributed by atoms with E-state index in [9.17, 15) is 0 Å². The summed E-state index contributed by atoms with van der Waals surface area (Å²) in [6, 6.07) is 0.506. The standard InChI is InChI=1S/C19H33N/c1-18-10-3-5-14(18)13-7-8-16-17(20)6-4-11-19(16,2)15(13)9-12-18/h13-17H,3-12,20H2,1-2H3/t13-,14-,15-,16-,17?,18-,19+/m0/s1. The van der Waals surface area contributed by atoms with Gasteiger partial charge in [0.05, 0.1) is 0 Å². The monoisotopic (exact) mass is 275 g/mol. The minimum Gasteiger partial charge on any atom is -0.327 e. The van der Waals surface area contributed by atoms with Crippen molar-refractivity contribution < 1.29 is 0 Å². The fourth-order valence-corrected chi connectivity index (χ4v) is 7.47. The Morgan fingerprint density at radius 1 is 0.750 bits per heavy atom. The summed E-state index contributed by atoms with van der Waals surface area (Å²) in [5.41, 5.74) is 7.83. The molecule has 1 heteroatoms. The van der Waals surface area contributed by atoms with E-state index >= 15 is 0 Å². The smallest absolute Gasteiger partial charge is 0.00724 e. The van der Waals surface area contributed by atoms with Crippen LogP contribution in [-0.2, 0) is 0 Å². The number of rotatable bonds is 0. The molecule has 4 aliphatic rings. The van der Waals surface area contributed by atoms with Crippen molar-refractivity contribution in [2.75, 3.05) is 0 Å². The molecule has 0 spiro atoms. The van der Waals surface area contributed by atoms with Crippen molar-refractivity contribution in [2.45, 2.75) is 84.1 Å². The molecule has 0 aromatic rings. The average molecular weight is 275 g/mol. The molecule has 0 bridgehead atoms. The number of hydrogen-bond donors (Lipinski definition) is 1. The predicted octanol–water partition coefficient (Wildman–Crippen LogP) is 4.75. The molecule has 0 saturated heterocycles. The summed E-state index contributed by atoms with van der Waals surface area (Å²) in [5.74, 6) is 3.94. The summed E-state index contributed by atoms with van der Waals surface area (Å²) in [4.78, 5) is 0. The molecule has 0 aromatic carbocycles. The molecule has 4 rings (SSSR count). The molecule has 2 N–H and O–H groups in total. The third-order valence-corrected chi connectivity index (χ3v) is 8.49. The third kappa shape index (κ3) is 1.71. The van der Waals surface area contributed by atoms with Crippen molar-refractivity contribution in [3.8, 4) is 0 Å². The van der Waals surface area contributed by atoms with Gasteiger partial charge in [0.15, 0.2) is 0 Å². The van der Waals surface area contributed by atoms with E-state index in [-0.39, 0.29) is 0 Å².